The van der Waals surface area contributed by atoms with E-state index in [1.165, 1.54) is 0 Å². The normalized spacial score (nSPS) is 8.57. The summed E-state index contributed by atoms with van der Waals surface area (Å²) in [6.07, 6.45) is 0. The van der Waals surface area contributed by atoms with E-state index in [-0.39, 0.29) is 43.2 Å². The molecule has 0 bridgehead atoms. The Hall–Kier alpha value is 3.09. The maximum absolute atomic E-state index is 5.01. The molecule has 7 heteroatoms. The summed E-state index contributed by atoms with van der Waals surface area (Å²) in [6.45, 7) is 0. The Labute approximate surface area is 90.8 Å². The maximum Gasteiger partial charge on any atom is -0.870 e. The van der Waals surface area contributed by atoms with Crippen molar-refractivity contribution in [3.05, 3.63) is 0 Å². The first-order chi connectivity index (χ1) is 2.00. The van der Waals surface area contributed by atoms with Gasteiger partial charge in [0.15, 0.2) is 0 Å². The molecule has 0 amide bonds. The Morgan fingerprint density at radius 1 is 0.857 bits per heavy atom. The molecule has 0 fully saturated rings. The van der Waals surface area contributed by atoms with E-state index in [4.69, 9.17) is 37.2 Å². The van der Waals surface area contributed by atoms with Gasteiger partial charge in [-0.25, -0.2) is 0 Å². The summed E-state index contributed by atoms with van der Waals surface area (Å²) in [5.41, 5.74) is 0. The molecular weight excluding hydrogens is 246 g/mol. The van der Waals surface area contributed by atoms with Gasteiger partial charge in [0.05, 0.1) is 0 Å². The van der Waals surface area contributed by atoms with Gasteiger partial charge < -0.3 is 5.48 Å². The molecule has 0 radical (unpaired) electrons. The standard InChI is InChI=1S/Ca.4ClH.H2O.Ti.H/h;4*1H;1H2;;/q+1;;;;;;+4;/p-5. The van der Waals surface area contributed by atoms with Crippen LogP contribution >= 0.6 is 37.2 Å². The first kappa shape index (κ1) is 16.6. The molecule has 0 rings (SSSR count). The van der Waals surface area contributed by atoms with Crippen molar-refractivity contribution >= 4 is 75.0 Å². The maximum atomic E-state index is 5.01. The molecule has 0 spiro atoms. The SMILES string of the molecule is [CaH+].[Cl][Ti]([Cl])([Cl])[Cl].[OH-]. The predicted octanol–water partition coefficient (Wildman–Crippen LogP) is 1.93. The second-order valence-corrected chi connectivity index (χ2v) is 15.9. The average Bonchev–Trinajstić information content (AvgIpc) is 0.722. The van der Waals surface area contributed by atoms with Crippen molar-refractivity contribution in [1.29, 1.82) is 0 Å². The zero-order chi connectivity index (χ0) is 4.50. The van der Waals surface area contributed by atoms with E-state index in [0.717, 1.165) is 0 Å². The predicted molar refractivity (Wildman–Crippen MR) is 32.5 cm³/mol. The van der Waals surface area contributed by atoms with Gasteiger partial charge in [-0.2, -0.15) is 0 Å². The molecule has 1 N–H and O–H groups in total. The van der Waals surface area contributed by atoms with Crippen molar-refractivity contribution in [3.8, 4) is 0 Å². The van der Waals surface area contributed by atoms with Crippen LogP contribution < -0.4 is 0 Å². The third-order valence-electron chi connectivity index (χ3n) is 0. The zero-order valence-corrected chi connectivity index (χ0v) is 11.2. The first-order valence-corrected chi connectivity index (χ1v) is 9.35. The fraction of sp³-hybridized carbons (Fsp3) is 0. The van der Waals surface area contributed by atoms with Gasteiger partial charge in [0.2, 0.25) is 0 Å². The fourth-order valence-electron chi connectivity index (χ4n) is 0. The van der Waals surface area contributed by atoms with Gasteiger partial charge in [-0.3, -0.25) is 0 Å². The molecule has 0 unspecified atom stereocenters. The minimum atomic E-state index is -3.11. The number of rotatable bonds is 0. The van der Waals surface area contributed by atoms with Crippen LogP contribution in [0.5, 0.6) is 0 Å². The molecule has 0 aromatic heterocycles. The van der Waals surface area contributed by atoms with E-state index in [2.05, 4.69) is 0 Å². The minimum Gasteiger partial charge on any atom is -0.870 e. The van der Waals surface area contributed by atoms with Crippen molar-refractivity contribution in [3.63, 3.8) is 0 Å². The molecule has 0 heterocycles. The van der Waals surface area contributed by atoms with Crippen LogP contribution in [0.2, 0.25) is 0 Å². The van der Waals surface area contributed by atoms with Gasteiger partial charge in [0.1, 0.15) is 0 Å². The van der Waals surface area contributed by atoms with Crippen molar-refractivity contribution in [2.24, 2.45) is 0 Å². The summed E-state index contributed by atoms with van der Waals surface area (Å²) in [7, 11) is 20.1. The van der Waals surface area contributed by atoms with Crippen LogP contribution in [0.15, 0.2) is 0 Å². The van der Waals surface area contributed by atoms with Crippen molar-refractivity contribution in [2.75, 3.05) is 0 Å². The summed E-state index contributed by atoms with van der Waals surface area (Å²) >= 11 is -3.11. The van der Waals surface area contributed by atoms with Gasteiger partial charge in [0.25, 0.3) is 0 Å². The smallest absolute Gasteiger partial charge is 0.870 e. The van der Waals surface area contributed by atoms with Crippen LogP contribution in [0.4, 0.5) is 0 Å². The monoisotopic (exact) mass is 246 g/mol. The van der Waals surface area contributed by atoms with E-state index >= 15 is 0 Å². The molecule has 0 atom stereocenters. The van der Waals surface area contributed by atoms with Gasteiger partial charge in [0, 0.05) is 0 Å². The van der Waals surface area contributed by atoms with Crippen molar-refractivity contribution in [2.45, 2.75) is 0 Å². The van der Waals surface area contributed by atoms with Crippen LogP contribution in [0.25, 0.3) is 0 Å². The van der Waals surface area contributed by atoms with E-state index in [0.29, 0.717) is 0 Å². The van der Waals surface area contributed by atoms with Crippen molar-refractivity contribution in [1.82, 2.24) is 0 Å². The summed E-state index contributed by atoms with van der Waals surface area (Å²) in [5, 5.41) is 0. The molecule has 1 nitrogen and oxygen atoms in total. The van der Waals surface area contributed by atoms with Crippen LogP contribution in [-0.2, 0) is 12.3 Å². The molecule has 0 aromatic carbocycles. The Morgan fingerprint density at radius 2 is 0.857 bits per heavy atom. The fourth-order valence-corrected chi connectivity index (χ4v) is 0. The molecule has 0 aliphatic rings. The molecule has 0 aromatic rings. The van der Waals surface area contributed by atoms with Crippen LogP contribution in [0.3, 0.4) is 0 Å². The average molecular weight is 248 g/mol. The van der Waals surface area contributed by atoms with Crippen LogP contribution in [-0.4, -0.2) is 43.2 Å². The summed E-state index contributed by atoms with van der Waals surface area (Å²) in [5.74, 6) is 0. The Bertz CT molecular complexity index is 27.2. The van der Waals surface area contributed by atoms with Crippen LogP contribution in [0, 0.1) is 0 Å². The van der Waals surface area contributed by atoms with Gasteiger partial charge in [-0.15, -0.1) is 0 Å². The molecule has 0 aliphatic heterocycles. The molecule has 42 valence electrons. The number of hydrogen-bond acceptors (Lipinski definition) is 1. The topological polar surface area (TPSA) is 30.0 Å². The molecule has 0 aliphatic carbocycles. The Morgan fingerprint density at radius 3 is 0.857 bits per heavy atom. The van der Waals surface area contributed by atoms with E-state index in [1.54, 1.807) is 0 Å². The number of halogens is 4. The quantitative estimate of drug-likeness (QED) is 0.602. The van der Waals surface area contributed by atoms with E-state index in [1.807, 2.05) is 0 Å². The third kappa shape index (κ3) is 47.8. The molecule has 0 saturated carbocycles. The summed E-state index contributed by atoms with van der Waals surface area (Å²) < 4.78 is 0. The minimum absolute atomic E-state index is 0. The Balaban J connectivity index is -0.0000000800. The first-order valence-electron chi connectivity index (χ1n) is 0.756. The van der Waals surface area contributed by atoms with Crippen molar-refractivity contribution < 1.29 is 17.8 Å². The number of hydrogen-bond donors (Lipinski definition) is 0. The van der Waals surface area contributed by atoms with Gasteiger partial charge in [-0.1, -0.05) is 0 Å². The third-order valence-corrected chi connectivity index (χ3v) is 0. The molecule has 0 saturated heterocycles. The second kappa shape index (κ2) is 7.20. The largest absolute Gasteiger partial charge is 0.870 e. The summed E-state index contributed by atoms with van der Waals surface area (Å²) in [6, 6.07) is 0. The van der Waals surface area contributed by atoms with Crippen LogP contribution in [0.1, 0.15) is 0 Å². The summed E-state index contributed by atoms with van der Waals surface area (Å²) in [4.78, 5) is 0. The molecule has 7 heavy (non-hydrogen) atoms. The molecular formula is H2CaCl4OTi. The van der Waals surface area contributed by atoms with E-state index in [9.17, 15) is 0 Å². The van der Waals surface area contributed by atoms with Gasteiger partial charge in [-0.05, 0) is 0 Å². The van der Waals surface area contributed by atoms with Gasteiger partial charge >= 0.3 is 87.3 Å². The Kier molecular flexibility index (Phi) is 17.1. The second-order valence-electron chi connectivity index (χ2n) is 0.429. The van der Waals surface area contributed by atoms with E-state index < -0.39 is 12.3 Å². The zero-order valence-electron chi connectivity index (χ0n) is 3.46.